The number of rotatable bonds is 3. The predicted molar refractivity (Wildman–Crippen MR) is 58.8 cm³/mol. The molecule has 1 fully saturated rings. The molecule has 0 radical (unpaired) electrons. The lowest BCUT2D eigenvalue weighted by molar-refractivity contribution is 0.282. The van der Waals surface area contributed by atoms with Gasteiger partial charge in [0.25, 0.3) is 0 Å². The van der Waals surface area contributed by atoms with Gasteiger partial charge in [-0.1, -0.05) is 17.7 Å². The van der Waals surface area contributed by atoms with Gasteiger partial charge in [-0.25, -0.2) is 0 Å². The zero-order valence-corrected chi connectivity index (χ0v) is 8.96. The van der Waals surface area contributed by atoms with Crippen molar-refractivity contribution in [3.05, 3.63) is 28.8 Å². The molecule has 3 heteroatoms. The Morgan fingerprint density at radius 2 is 2.21 bits per heavy atom. The van der Waals surface area contributed by atoms with Crippen LogP contribution in [0.4, 0.5) is 5.69 Å². The van der Waals surface area contributed by atoms with Gasteiger partial charge in [0, 0.05) is 23.8 Å². The molecule has 1 N–H and O–H groups in total. The minimum atomic E-state index is 0.00621. The lowest BCUT2D eigenvalue weighted by Crippen LogP contribution is -2.19. The number of hydrogen-bond acceptors (Lipinski definition) is 2. The quantitative estimate of drug-likeness (QED) is 0.830. The molecule has 76 valence electrons. The molecule has 0 aliphatic heterocycles. The Kier molecular flexibility index (Phi) is 2.66. The normalized spacial score (nSPS) is 15.6. The number of aliphatic hydroxyl groups is 1. The molecule has 2 rings (SSSR count). The molecule has 1 aromatic carbocycles. The Labute approximate surface area is 89.1 Å². The zero-order chi connectivity index (χ0) is 10.1. The van der Waals surface area contributed by atoms with Crippen LogP contribution in [0.3, 0.4) is 0 Å². The first-order valence-corrected chi connectivity index (χ1v) is 5.22. The maximum atomic E-state index is 8.97. The molecule has 1 aliphatic rings. The second-order valence-corrected chi connectivity index (χ2v) is 4.18. The Morgan fingerprint density at radius 3 is 2.71 bits per heavy atom. The van der Waals surface area contributed by atoms with Gasteiger partial charge in [0.2, 0.25) is 0 Å². The molecular weight excluding hydrogens is 198 g/mol. The number of hydrogen-bond donors (Lipinski definition) is 1. The lowest BCUT2D eigenvalue weighted by Gasteiger charge is -2.19. The van der Waals surface area contributed by atoms with Crippen LogP contribution in [-0.2, 0) is 6.61 Å². The first-order chi connectivity index (χ1) is 6.72. The van der Waals surface area contributed by atoms with Crippen molar-refractivity contribution in [2.24, 2.45) is 0 Å². The van der Waals surface area contributed by atoms with Gasteiger partial charge in [-0.2, -0.15) is 0 Å². The molecule has 14 heavy (non-hydrogen) atoms. The Balaban J connectivity index is 2.22. The maximum absolute atomic E-state index is 8.97. The monoisotopic (exact) mass is 211 g/mol. The molecular formula is C11H14ClNO. The highest BCUT2D eigenvalue weighted by Gasteiger charge is 2.26. The fourth-order valence-corrected chi connectivity index (χ4v) is 1.79. The summed E-state index contributed by atoms with van der Waals surface area (Å²) in [7, 11) is 2.09. The van der Waals surface area contributed by atoms with Gasteiger partial charge in [-0.05, 0) is 30.5 Å². The first-order valence-electron chi connectivity index (χ1n) is 4.84. The van der Waals surface area contributed by atoms with E-state index in [0.29, 0.717) is 11.1 Å². The van der Waals surface area contributed by atoms with Crippen molar-refractivity contribution >= 4 is 17.3 Å². The average Bonchev–Trinajstić information content (AvgIpc) is 3.00. The van der Waals surface area contributed by atoms with E-state index in [-0.39, 0.29) is 6.61 Å². The molecule has 0 spiro atoms. The van der Waals surface area contributed by atoms with Crippen LogP contribution in [0.5, 0.6) is 0 Å². The maximum Gasteiger partial charge on any atom is 0.0696 e. The minimum Gasteiger partial charge on any atom is -0.392 e. The van der Waals surface area contributed by atoms with E-state index in [2.05, 4.69) is 11.9 Å². The van der Waals surface area contributed by atoms with Crippen molar-refractivity contribution < 1.29 is 5.11 Å². The molecule has 2 nitrogen and oxygen atoms in total. The van der Waals surface area contributed by atoms with Gasteiger partial charge in [0.1, 0.15) is 0 Å². The van der Waals surface area contributed by atoms with Crippen LogP contribution in [0.15, 0.2) is 18.2 Å². The van der Waals surface area contributed by atoms with E-state index in [1.54, 1.807) is 0 Å². The molecule has 0 saturated heterocycles. The second-order valence-electron chi connectivity index (χ2n) is 3.78. The summed E-state index contributed by atoms with van der Waals surface area (Å²) >= 11 is 6.01. The number of nitrogens with zero attached hydrogens (tertiary/aromatic N) is 1. The second kappa shape index (κ2) is 3.79. The summed E-state index contributed by atoms with van der Waals surface area (Å²) in [6.07, 6.45) is 2.55. The van der Waals surface area contributed by atoms with E-state index in [9.17, 15) is 0 Å². The van der Waals surface area contributed by atoms with Crippen LogP contribution in [0.2, 0.25) is 5.02 Å². The predicted octanol–water partition coefficient (Wildman–Crippen LogP) is 2.43. The summed E-state index contributed by atoms with van der Waals surface area (Å²) in [5.41, 5.74) is 1.93. The number of anilines is 1. The third-order valence-corrected chi connectivity index (χ3v) is 3.06. The summed E-state index contributed by atoms with van der Waals surface area (Å²) in [6, 6.07) is 6.50. The molecule has 1 saturated carbocycles. The fourth-order valence-electron chi connectivity index (χ4n) is 1.56. The molecule has 0 bridgehead atoms. The van der Waals surface area contributed by atoms with Crippen LogP contribution < -0.4 is 4.90 Å². The Hall–Kier alpha value is -0.730. The van der Waals surface area contributed by atoms with E-state index in [0.717, 1.165) is 11.3 Å². The van der Waals surface area contributed by atoms with Crippen LogP contribution in [0.1, 0.15) is 18.4 Å². The topological polar surface area (TPSA) is 23.5 Å². The lowest BCUT2D eigenvalue weighted by atomic mass is 10.2. The summed E-state index contributed by atoms with van der Waals surface area (Å²) in [6.45, 7) is 0.00621. The number of benzene rings is 1. The average molecular weight is 212 g/mol. The number of aliphatic hydroxyl groups excluding tert-OH is 1. The first kappa shape index (κ1) is 9.81. The van der Waals surface area contributed by atoms with Gasteiger partial charge in [0.05, 0.1) is 6.61 Å². The summed E-state index contributed by atoms with van der Waals surface area (Å²) in [5, 5.41) is 9.62. The standard InChI is InChI=1S/C11H14ClNO/c1-13(9-4-5-9)10-3-2-8(7-14)11(12)6-10/h2-3,6,9,14H,4-5,7H2,1H3. The van der Waals surface area contributed by atoms with Gasteiger partial charge in [0.15, 0.2) is 0 Å². The van der Waals surface area contributed by atoms with E-state index >= 15 is 0 Å². The minimum absolute atomic E-state index is 0.00621. The third-order valence-electron chi connectivity index (χ3n) is 2.71. The summed E-state index contributed by atoms with van der Waals surface area (Å²) in [4.78, 5) is 2.24. The molecule has 0 amide bonds. The van der Waals surface area contributed by atoms with E-state index in [4.69, 9.17) is 16.7 Å². The van der Waals surface area contributed by atoms with Crippen molar-refractivity contribution in [3.8, 4) is 0 Å². The SMILES string of the molecule is CN(c1ccc(CO)c(Cl)c1)C1CC1. The highest BCUT2D eigenvalue weighted by molar-refractivity contribution is 6.31. The van der Waals surface area contributed by atoms with Crippen LogP contribution >= 0.6 is 11.6 Å². The molecule has 1 aliphatic carbocycles. The summed E-state index contributed by atoms with van der Waals surface area (Å²) in [5.74, 6) is 0. The summed E-state index contributed by atoms with van der Waals surface area (Å²) < 4.78 is 0. The van der Waals surface area contributed by atoms with Crippen LogP contribution in [-0.4, -0.2) is 18.2 Å². The van der Waals surface area contributed by atoms with Gasteiger partial charge >= 0.3 is 0 Å². The zero-order valence-electron chi connectivity index (χ0n) is 8.20. The van der Waals surface area contributed by atoms with Crippen LogP contribution in [0, 0.1) is 0 Å². The smallest absolute Gasteiger partial charge is 0.0696 e. The molecule has 1 aromatic rings. The van der Waals surface area contributed by atoms with Gasteiger partial charge < -0.3 is 10.0 Å². The van der Waals surface area contributed by atoms with Crippen LogP contribution in [0.25, 0.3) is 0 Å². The van der Waals surface area contributed by atoms with Crippen molar-refractivity contribution in [1.29, 1.82) is 0 Å². The largest absolute Gasteiger partial charge is 0.392 e. The highest BCUT2D eigenvalue weighted by atomic mass is 35.5. The fraction of sp³-hybridized carbons (Fsp3) is 0.455. The molecule has 0 aromatic heterocycles. The van der Waals surface area contributed by atoms with Gasteiger partial charge in [-0.3, -0.25) is 0 Å². The van der Waals surface area contributed by atoms with E-state index in [1.807, 2.05) is 18.2 Å². The molecule has 0 atom stereocenters. The van der Waals surface area contributed by atoms with Gasteiger partial charge in [-0.15, -0.1) is 0 Å². The Bertz CT molecular complexity index is 336. The molecule has 0 unspecified atom stereocenters. The van der Waals surface area contributed by atoms with Crippen molar-refractivity contribution in [2.75, 3.05) is 11.9 Å². The number of halogens is 1. The Morgan fingerprint density at radius 1 is 1.50 bits per heavy atom. The van der Waals surface area contributed by atoms with Crippen molar-refractivity contribution in [1.82, 2.24) is 0 Å². The third kappa shape index (κ3) is 1.86. The highest BCUT2D eigenvalue weighted by Crippen LogP contribution is 2.32. The van der Waals surface area contributed by atoms with Crippen molar-refractivity contribution in [2.45, 2.75) is 25.5 Å². The van der Waals surface area contributed by atoms with Crippen molar-refractivity contribution in [3.63, 3.8) is 0 Å². The molecule has 0 heterocycles. The van der Waals surface area contributed by atoms with E-state index in [1.165, 1.54) is 12.8 Å². The van der Waals surface area contributed by atoms with E-state index < -0.39 is 0 Å².